The van der Waals surface area contributed by atoms with Crippen molar-refractivity contribution in [1.29, 1.82) is 0 Å². The summed E-state index contributed by atoms with van der Waals surface area (Å²) in [5.74, 6) is -0.305. The Morgan fingerprint density at radius 2 is 2.38 bits per heavy atom. The predicted molar refractivity (Wildman–Crippen MR) is 78.2 cm³/mol. The minimum Gasteiger partial charge on any atom is -0.490 e. The van der Waals surface area contributed by atoms with E-state index in [4.69, 9.17) is 4.74 Å². The molecule has 0 radical (unpaired) electrons. The largest absolute Gasteiger partial charge is 0.490 e. The maximum absolute atomic E-state index is 13.9. The molecule has 1 aliphatic heterocycles. The van der Waals surface area contributed by atoms with Gasteiger partial charge in [0.15, 0.2) is 11.6 Å². The number of carbonyl (C=O) groups is 1. The molecule has 4 nitrogen and oxygen atoms in total. The summed E-state index contributed by atoms with van der Waals surface area (Å²) in [4.78, 5) is 17.0. The number of halogens is 1. The van der Waals surface area contributed by atoms with Crippen LogP contribution in [0.4, 0.5) is 4.39 Å². The van der Waals surface area contributed by atoms with Crippen LogP contribution in [0.25, 0.3) is 0 Å². The second-order valence-corrected chi connectivity index (χ2v) is 5.80. The van der Waals surface area contributed by atoms with Gasteiger partial charge in [0.2, 0.25) is 0 Å². The van der Waals surface area contributed by atoms with E-state index in [-0.39, 0.29) is 23.5 Å². The highest BCUT2D eigenvalue weighted by Gasteiger charge is 2.25. The second kappa shape index (κ2) is 5.81. The molecule has 110 valence electrons. The highest BCUT2D eigenvalue weighted by Crippen LogP contribution is 2.33. The smallest absolute Gasteiger partial charge is 0.263 e. The normalized spacial score (nSPS) is 17.5. The summed E-state index contributed by atoms with van der Waals surface area (Å²) < 4.78 is 19.3. The van der Waals surface area contributed by atoms with E-state index in [1.54, 1.807) is 24.6 Å². The molecule has 6 heteroatoms. The Hall–Kier alpha value is -1.95. The molecule has 21 heavy (non-hydrogen) atoms. The Balaban J connectivity index is 1.88. The molecule has 1 aromatic heterocycles. The monoisotopic (exact) mass is 306 g/mol. The lowest BCUT2D eigenvalue weighted by molar-refractivity contribution is 0.0938. The van der Waals surface area contributed by atoms with Gasteiger partial charge in [-0.3, -0.25) is 4.79 Å². The molecule has 1 aromatic carbocycles. The molecular weight excluding hydrogens is 291 g/mol. The minimum absolute atomic E-state index is 0.169. The van der Waals surface area contributed by atoms with Crippen molar-refractivity contribution in [3.05, 3.63) is 45.7 Å². The van der Waals surface area contributed by atoms with Gasteiger partial charge in [-0.05, 0) is 25.8 Å². The number of amides is 1. The Bertz CT molecular complexity index is 671. The number of ether oxygens (including phenoxy) is 1. The molecule has 0 saturated carbocycles. The molecule has 1 aliphatic rings. The van der Waals surface area contributed by atoms with Crippen LogP contribution in [-0.4, -0.2) is 17.5 Å². The number of nitrogens with one attached hydrogen (secondary N) is 1. The zero-order chi connectivity index (χ0) is 14.8. The predicted octanol–water partition coefficient (Wildman–Crippen LogP) is 3.23. The van der Waals surface area contributed by atoms with Crippen LogP contribution in [0.5, 0.6) is 5.75 Å². The Kier molecular flexibility index (Phi) is 3.88. The fourth-order valence-electron chi connectivity index (χ4n) is 2.46. The second-order valence-electron chi connectivity index (χ2n) is 4.94. The first-order chi connectivity index (χ1) is 10.2. The zero-order valence-electron chi connectivity index (χ0n) is 11.6. The van der Waals surface area contributed by atoms with Crippen molar-refractivity contribution in [1.82, 2.24) is 10.3 Å². The number of rotatable bonds is 2. The van der Waals surface area contributed by atoms with Crippen LogP contribution in [0.3, 0.4) is 0 Å². The van der Waals surface area contributed by atoms with Crippen molar-refractivity contribution in [2.45, 2.75) is 25.8 Å². The van der Waals surface area contributed by atoms with Crippen LogP contribution < -0.4 is 10.1 Å². The van der Waals surface area contributed by atoms with Crippen molar-refractivity contribution < 1.29 is 13.9 Å². The van der Waals surface area contributed by atoms with Crippen molar-refractivity contribution in [2.24, 2.45) is 0 Å². The molecule has 1 amide bonds. The molecule has 2 aromatic rings. The molecule has 0 spiro atoms. The Morgan fingerprint density at radius 1 is 1.52 bits per heavy atom. The third kappa shape index (κ3) is 2.76. The van der Waals surface area contributed by atoms with Gasteiger partial charge in [-0.1, -0.05) is 12.1 Å². The van der Waals surface area contributed by atoms with Gasteiger partial charge in [0.05, 0.1) is 23.9 Å². The third-order valence-corrected chi connectivity index (χ3v) is 4.44. The molecule has 0 aliphatic carbocycles. The van der Waals surface area contributed by atoms with Crippen molar-refractivity contribution in [3.63, 3.8) is 0 Å². The molecule has 0 bridgehead atoms. The average molecular weight is 306 g/mol. The molecule has 3 rings (SSSR count). The minimum atomic E-state index is -0.386. The van der Waals surface area contributed by atoms with Crippen molar-refractivity contribution in [2.75, 3.05) is 6.61 Å². The summed E-state index contributed by atoms with van der Waals surface area (Å²) in [6.07, 6.45) is 1.49. The van der Waals surface area contributed by atoms with E-state index in [1.165, 1.54) is 17.4 Å². The SMILES string of the molecule is Cc1ncsc1C(=O)NC1CCCOc2c(F)cccc21. The number of hydrogen-bond donors (Lipinski definition) is 1. The summed E-state index contributed by atoms with van der Waals surface area (Å²) >= 11 is 1.31. The number of fused-ring (bicyclic) bond motifs is 1. The molecule has 1 atom stereocenters. The number of thiazole rings is 1. The van der Waals surface area contributed by atoms with E-state index in [2.05, 4.69) is 10.3 Å². The van der Waals surface area contributed by atoms with E-state index < -0.39 is 0 Å². The lowest BCUT2D eigenvalue weighted by atomic mass is 10.0. The third-order valence-electron chi connectivity index (χ3n) is 3.51. The number of aromatic nitrogens is 1. The van der Waals surface area contributed by atoms with Crippen LogP contribution in [0.1, 0.15) is 39.8 Å². The summed E-state index contributed by atoms with van der Waals surface area (Å²) in [6, 6.07) is 4.57. The number of benzene rings is 1. The van der Waals surface area contributed by atoms with E-state index in [9.17, 15) is 9.18 Å². The zero-order valence-corrected chi connectivity index (χ0v) is 12.4. The van der Waals surface area contributed by atoms with Gasteiger partial charge < -0.3 is 10.1 Å². The van der Waals surface area contributed by atoms with Crippen molar-refractivity contribution >= 4 is 17.2 Å². The van der Waals surface area contributed by atoms with Gasteiger partial charge in [0.25, 0.3) is 5.91 Å². The highest BCUT2D eigenvalue weighted by atomic mass is 32.1. The quantitative estimate of drug-likeness (QED) is 0.926. The number of hydrogen-bond acceptors (Lipinski definition) is 4. The molecular formula is C15H15FN2O2S. The van der Waals surface area contributed by atoms with E-state index in [0.29, 0.717) is 22.7 Å². The lowest BCUT2D eigenvalue weighted by Gasteiger charge is -2.18. The van der Waals surface area contributed by atoms with Gasteiger partial charge >= 0.3 is 0 Å². The van der Waals surface area contributed by atoms with Gasteiger partial charge in [-0.25, -0.2) is 9.37 Å². The van der Waals surface area contributed by atoms with Gasteiger partial charge in [-0.15, -0.1) is 11.3 Å². The first kappa shape index (κ1) is 14.0. The molecule has 1 unspecified atom stereocenters. The lowest BCUT2D eigenvalue weighted by Crippen LogP contribution is -2.28. The molecule has 0 fully saturated rings. The average Bonchev–Trinajstić information content (AvgIpc) is 2.78. The first-order valence-corrected chi connectivity index (χ1v) is 7.67. The van der Waals surface area contributed by atoms with Crippen LogP contribution in [0.15, 0.2) is 23.7 Å². The van der Waals surface area contributed by atoms with Crippen LogP contribution >= 0.6 is 11.3 Å². The molecule has 2 heterocycles. The summed E-state index contributed by atoms with van der Waals surface area (Å²) in [7, 11) is 0. The van der Waals surface area contributed by atoms with Gasteiger partial charge in [0.1, 0.15) is 4.88 Å². The standard InChI is InChI=1S/C15H15FN2O2S/c1-9-14(21-8-17-9)15(19)18-12-6-3-7-20-13-10(12)4-2-5-11(13)16/h2,4-5,8,12H,3,6-7H2,1H3,(H,18,19). The maximum atomic E-state index is 13.9. The number of nitrogens with zero attached hydrogens (tertiary/aromatic N) is 1. The van der Waals surface area contributed by atoms with Gasteiger partial charge in [0, 0.05) is 5.56 Å². The van der Waals surface area contributed by atoms with E-state index in [0.717, 1.165) is 12.8 Å². The van der Waals surface area contributed by atoms with Gasteiger partial charge in [-0.2, -0.15) is 0 Å². The Labute approximate surface area is 126 Å². The summed E-state index contributed by atoms with van der Waals surface area (Å²) in [5.41, 5.74) is 3.05. The number of para-hydroxylation sites is 1. The summed E-state index contributed by atoms with van der Waals surface area (Å²) in [5, 5.41) is 2.97. The van der Waals surface area contributed by atoms with E-state index in [1.807, 2.05) is 0 Å². The van der Waals surface area contributed by atoms with Crippen LogP contribution in [-0.2, 0) is 0 Å². The first-order valence-electron chi connectivity index (χ1n) is 6.79. The summed E-state index contributed by atoms with van der Waals surface area (Å²) in [6.45, 7) is 2.26. The van der Waals surface area contributed by atoms with Crippen molar-refractivity contribution in [3.8, 4) is 5.75 Å². The fourth-order valence-corrected chi connectivity index (χ4v) is 3.17. The highest BCUT2D eigenvalue weighted by molar-refractivity contribution is 7.11. The number of carbonyl (C=O) groups excluding carboxylic acids is 1. The topological polar surface area (TPSA) is 51.2 Å². The maximum Gasteiger partial charge on any atom is 0.263 e. The van der Waals surface area contributed by atoms with Crippen LogP contribution in [0, 0.1) is 12.7 Å². The molecule has 0 saturated heterocycles. The fraction of sp³-hybridized carbons (Fsp3) is 0.333. The Morgan fingerprint density at radius 3 is 3.14 bits per heavy atom. The van der Waals surface area contributed by atoms with E-state index >= 15 is 0 Å². The van der Waals surface area contributed by atoms with Crippen LogP contribution in [0.2, 0.25) is 0 Å². The number of aryl methyl sites for hydroxylation is 1. The molecule has 1 N–H and O–H groups in total.